The summed E-state index contributed by atoms with van der Waals surface area (Å²) in [5.74, 6) is 0.508. The molecule has 0 saturated heterocycles. The molecule has 0 unspecified atom stereocenters. The van der Waals surface area contributed by atoms with Gasteiger partial charge in [0.05, 0.1) is 0 Å². The zero-order valence-electron chi connectivity index (χ0n) is 8.04. The van der Waals surface area contributed by atoms with Crippen molar-refractivity contribution in [1.29, 1.82) is 5.53 Å². The average Bonchev–Trinajstić information content (AvgIpc) is 1.97. The Morgan fingerprint density at radius 2 is 2.25 bits per heavy atom. The molecule has 0 bridgehead atoms. The van der Waals surface area contributed by atoms with Crippen molar-refractivity contribution >= 4 is 0 Å². The molecule has 0 heterocycles. The minimum absolute atomic E-state index is 0.508. The van der Waals surface area contributed by atoms with Gasteiger partial charge in [-0.25, -0.2) is 0 Å². The largest absolute Gasteiger partial charge is 0.254 e. The lowest BCUT2D eigenvalue weighted by atomic mass is 10.2. The first kappa shape index (κ1) is 10.9. The van der Waals surface area contributed by atoms with Crippen LogP contribution in [0.5, 0.6) is 0 Å². The SMILES string of the molecule is C=C(C)/C=C\N(CC(C)C)N=N. The van der Waals surface area contributed by atoms with Gasteiger partial charge in [-0.15, -0.1) is 0 Å². The Morgan fingerprint density at radius 3 is 2.58 bits per heavy atom. The lowest BCUT2D eigenvalue weighted by Crippen LogP contribution is -2.15. The Hall–Kier alpha value is -1.12. The third-order valence-corrected chi connectivity index (χ3v) is 1.21. The highest BCUT2D eigenvalue weighted by molar-refractivity contribution is 5.09. The van der Waals surface area contributed by atoms with E-state index in [0.717, 1.165) is 12.1 Å². The van der Waals surface area contributed by atoms with Crippen LogP contribution in [-0.4, -0.2) is 11.6 Å². The highest BCUT2D eigenvalue weighted by Gasteiger charge is 1.98. The lowest BCUT2D eigenvalue weighted by molar-refractivity contribution is 0.318. The van der Waals surface area contributed by atoms with Crippen LogP contribution in [0.15, 0.2) is 29.7 Å². The van der Waals surface area contributed by atoms with E-state index >= 15 is 0 Å². The van der Waals surface area contributed by atoms with Crippen LogP contribution in [0.1, 0.15) is 20.8 Å². The molecular weight excluding hydrogens is 150 g/mol. The summed E-state index contributed by atoms with van der Waals surface area (Å²) in [6.45, 7) is 10.6. The fourth-order valence-electron chi connectivity index (χ4n) is 0.722. The van der Waals surface area contributed by atoms with Crippen molar-refractivity contribution in [3.05, 3.63) is 24.4 Å². The van der Waals surface area contributed by atoms with Crippen LogP contribution in [0.3, 0.4) is 0 Å². The molecule has 0 spiro atoms. The number of rotatable bonds is 5. The third kappa shape index (κ3) is 5.65. The van der Waals surface area contributed by atoms with Gasteiger partial charge in [-0.2, -0.15) is 5.53 Å². The van der Waals surface area contributed by atoms with Crippen molar-refractivity contribution in [3.8, 4) is 0 Å². The van der Waals surface area contributed by atoms with E-state index in [0.29, 0.717) is 5.92 Å². The summed E-state index contributed by atoms with van der Waals surface area (Å²) < 4.78 is 0. The standard InChI is InChI=1S/C9H17N3/c1-8(2)5-6-12(11-10)7-9(3)4/h5-6,9-10H,1,7H2,2-4H3/b6-5-,11-10?. The summed E-state index contributed by atoms with van der Waals surface area (Å²) in [6.07, 6.45) is 3.62. The van der Waals surface area contributed by atoms with E-state index in [4.69, 9.17) is 5.53 Å². The summed E-state index contributed by atoms with van der Waals surface area (Å²) in [4.78, 5) is 0. The third-order valence-electron chi connectivity index (χ3n) is 1.21. The molecule has 1 N–H and O–H groups in total. The van der Waals surface area contributed by atoms with E-state index in [-0.39, 0.29) is 0 Å². The molecule has 0 rings (SSSR count). The van der Waals surface area contributed by atoms with Crippen LogP contribution >= 0.6 is 0 Å². The second-order valence-electron chi connectivity index (χ2n) is 3.28. The van der Waals surface area contributed by atoms with Crippen LogP contribution in [0.2, 0.25) is 0 Å². The first-order valence-corrected chi connectivity index (χ1v) is 4.04. The predicted molar refractivity (Wildman–Crippen MR) is 50.6 cm³/mol. The first-order valence-electron chi connectivity index (χ1n) is 4.04. The maximum Gasteiger partial charge on any atom is 0.0448 e. The Kier molecular flexibility index (Phi) is 5.00. The molecule has 3 nitrogen and oxygen atoms in total. The van der Waals surface area contributed by atoms with Crippen molar-refractivity contribution < 1.29 is 0 Å². The first-order chi connectivity index (χ1) is 5.56. The van der Waals surface area contributed by atoms with E-state index < -0.39 is 0 Å². The summed E-state index contributed by atoms with van der Waals surface area (Å²) in [7, 11) is 0. The fraction of sp³-hybridized carbons (Fsp3) is 0.556. The van der Waals surface area contributed by atoms with Gasteiger partial charge < -0.3 is 0 Å². The van der Waals surface area contributed by atoms with Gasteiger partial charge >= 0.3 is 0 Å². The van der Waals surface area contributed by atoms with Gasteiger partial charge in [-0.3, -0.25) is 5.01 Å². The predicted octanol–water partition coefficient (Wildman–Crippen LogP) is 2.98. The fourth-order valence-corrected chi connectivity index (χ4v) is 0.722. The highest BCUT2D eigenvalue weighted by atomic mass is 15.5. The summed E-state index contributed by atoms with van der Waals surface area (Å²) in [6, 6.07) is 0. The van der Waals surface area contributed by atoms with Crippen molar-refractivity contribution in [2.45, 2.75) is 20.8 Å². The van der Waals surface area contributed by atoms with Gasteiger partial charge in [0.1, 0.15) is 0 Å². The minimum atomic E-state index is 0.508. The zero-order valence-corrected chi connectivity index (χ0v) is 8.04. The maximum atomic E-state index is 6.87. The second-order valence-corrected chi connectivity index (χ2v) is 3.28. The number of hydrogen-bond acceptors (Lipinski definition) is 2. The van der Waals surface area contributed by atoms with E-state index in [9.17, 15) is 0 Å². The summed E-state index contributed by atoms with van der Waals surface area (Å²) in [5, 5.41) is 4.95. The lowest BCUT2D eigenvalue weighted by Gasteiger charge is -2.13. The molecular formula is C9H17N3. The Labute approximate surface area is 74.2 Å². The molecule has 0 radical (unpaired) electrons. The quantitative estimate of drug-likeness (QED) is 0.381. The molecule has 0 aliphatic rings. The van der Waals surface area contributed by atoms with Gasteiger partial charge in [0, 0.05) is 12.7 Å². The Balaban J connectivity index is 3.99. The smallest absolute Gasteiger partial charge is 0.0448 e. The second kappa shape index (κ2) is 5.52. The van der Waals surface area contributed by atoms with Crippen molar-refractivity contribution in [3.63, 3.8) is 0 Å². The molecule has 0 aliphatic heterocycles. The van der Waals surface area contributed by atoms with Gasteiger partial charge in [0.15, 0.2) is 0 Å². The number of allylic oxidation sites excluding steroid dienone is 2. The molecule has 0 aromatic carbocycles. The van der Waals surface area contributed by atoms with E-state index in [1.165, 1.54) is 0 Å². The molecule has 68 valence electrons. The molecule has 0 fully saturated rings. The van der Waals surface area contributed by atoms with Crippen LogP contribution in [-0.2, 0) is 0 Å². The molecule has 0 saturated carbocycles. The van der Waals surface area contributed by atoms with Gasteiger partial charge in [-0.05, 0) is 18.9 Å². The molecule has 0 amide bonds. The molecule has 12 heavy (non-hydrogen) atoms. The average molecular weight is 167 g/mol. The van der Waals surface area contributed by atoms with Crippen LogP contribution in [0.25, 0.3) is 0 Å². The zero-order chi connectivity index (χ0) is 9.56. The summed E-state index contributed by atoms with van der Waals surface area (Å²) in [5.41, 5.74) is 7.83. The molecule has 3 heteroatoms. The number of nitrogens with one attached hydrogen (secondary N) is 1. The van der Waals surface area contributed by atoms with Gasteiger partial charge in [-0.1, -0.05) is 31.2 Å². The van der Waals surface area contributed by atoms with Gasteiger partial charge in [0.25, 0.3) is 0 Å². The number of nitrogens with zero attached hydrogens (tertiary/aromatic N) is 2. The normalized spacial score (nSPS) is 10.7. The molecule has 0 aliphatic carbocycles. The van der Waals surface area contributed by atoms with Crippen LogP contribution < -0.4 is 0 Å². The van der Waals surface area contributed by atoms with Crippen molar-refractivity contribution in [2.75, 3.05) is 6.54 Å². The molecule has 0 aromatic heterocycles. The van der Waals surface area contributed by atoms with Crippen molar-refractivity contribution in [2.24, 2.45) is 11.1 Å². The minimum Gasteiger partial charge on any atom is -0.254 e. The maximum absolute atomic E-state index is 6.87. The van der Waals surface area contributed by atoms with Gasteiger partial charge in [0.2, 0.25) is 0 Å². The topological polar surface area (TPSA) is 39.5 Å². The van der Waals surface area contributed by atoms with E-state index in [1.54, 1.807) is 11.2 Å². The van der Waals surface area contributed by atoms with E-state index in [1.807, 2.05) is 13.0 Å². The number of hydrogen-bond donors (Lipinski definition) is 1. The van der Waals surface area contributed by atoms with Crippen LogP contribution in [0.4, 0.5) is 0 Å². The molecule has 0 aromatic rings. The van der Waals surface area contributed by atoms with Crippen LogP contribution in [0, 0.1) is 11.4 Å². The summed E-state index contributed by atoms with van der Waals surface area (Å²) >= 11 is 0. The Morgan fingerprint density at radius 1 is 1.67 bits per heavy atom. The van der Waals surface area contributed by atoms with Crippen molar-refractivity contribution in [1.82, 2.24) is 5.01 Å². The molecule has 0 atom stereocenters. The highest BCUT2D eigenvalue weighted by Crippen LogP contribution is 2.01. The monoisotopic (exact) mass is 167 g/mol. The Bertz CT molecular complexity index is 182. The van der Waals surface area contributed by atoms with E-state index in [2.05, 4.69) is 25.6 Å².